The second-order valence-electron chi connectivity index (χ2n) is 7.15. The molecule has 0 bridgehead atoms. The first-order valence-corrected chi connectivity index (χ1v) is 11.0. The Bertz CT molecular complexity index is 1180. The molecule has 4 aromatic carbocycles. The van der Waals surface area contributed by atoms with Crippen molar-refractivity contribution in [3.05, 3.63) is 113 Å². The molecular formula is C27H22BrNO3. The highest BCUT2D eigenvalue weighted by atomic mass is 79.9. The van der Waals surface area contributed by atoms with Crippen molar-refractivity contribution in [1.82, 2.24) is 0 Å². The molecule has 5 heteroatoms. The Hall–Kier alpha value is -3.57. The van der Waals surface area contributed by atoms with Crippen molar-refractivity contribution in [2.45, 2.75) is 6.61 Å². The molecule has 32 heavy (non-hydrogen) atoms. The smallest absolute Gasteiger partial charge is 0.262 e. The maximum absolute atomic E-state index is 12.4. The molecule has 160 valence electrons. The lowest BCUT2D eigenvalue weighted by Gasteiger charge is -2.11. The van der Waals surface area contributed by atoms with Gasteiger partial charge >= 0.3 is 0 Å². The molecule has 4 nitrogen and oxygen atoms in total. The zero-order valence-electron chi connectivity index (χ0n) is 17.3. The van der Waals surface area contributed by atoms with Crippen LogP contribution in [0.5, 0.6) is 11.5 Å². The Morgan fingerprint density at radius 2 is 1.50 bits per heavy atom. The molecule has 0 aliphatic rings. The van der Waals surface area contributed by atoms with Gasteiger partial charge in [-0.15, -0.1) is 0 Å². The summed E-state index contributed by atoms with van der Waals surface area (Å²) in [5, 5.41) is 2.85. The van der Waals surface area contributed by atoms with E-state index < -0.39 is 0 Å². The van der Waals surface area contributed by atoms with Gasteiger partial charge in [-0.2, -0.15) is 0 Å². The lowest BCUT2D eigenvalue weighted by atomic mass is 10.1. The Balaban J connectivity index is 1.31. The van der Waals surface area contributed by atoms with E-state index in [4.69, 9.17) is 9.47 Å². The van der Waals surface area contributed by atoms with Crippen molar-refractivity contribution >= 4 is 27.5 Å². The molecule has 0 fully saturated rings. The molecule has 4 rings (SSSR count). The fourth-order valence-electron chi connectivity index (χ4n) is 3.17. The molecule has 0 unspecified atom stereocenters. The largest absolute Gasteiger partial charge is 0.489 e. The topological polar surface area (TPSA) is 47.6 Å². The lowest BCUT2D eigenvalue weighted by molar-refractivity contribution is -0.118. The van der Waals surface area contributed by atoms with Gasteiger partial charge in [0.2, 0.25) is 0 Å². The second-order valence-corrected chi connectivity index (χ2v) is 8.00. The average molecular weight is 488 g/mol. The number of carbonyl (C=O) groups excluding carboxylic acids is 1. The second kappa shape index (κ2) is 10.6. The summed E-state index contributed by atoms with van der Waals surface area (Å²) in [4.78, 5) is 12.4. The Kier molecular flexibility index (Phi) is 7.20. The molecule has 1 amide bonds. The van der Waals surface area contributed by atoms with E-state index in [-0.39, 0.29) is 12.5 Å². The van der Waals surface area contributed by atoms with Gasteiger partial charge in [-0.1, -0.05) is 72.8 Å². The highest BCUT2D eigenvalue weighted by Gasteiger charge is 2.09. The van der Waals surface area contributed by atoms with Gasteiger partial charge in [0.25, 0.3) is 5.91 Å². The third-order valence-corrected chi connectivity index (χ3v) is 5.38. The number of carbonyl (C=O) groups is 1. The summed E-state index contributed by atoms with van der Waals surface area (Å²) in [6.45, 7) is 0.368. The van der Waals surface area contributed by atoms with Crippen molar-refractivity contribution in [3.8, 4) is 22.6 Å². The van der Waals surface area contributed by atoms with Gasteiger partial charge in [-0.3, -0.25) is 4.79 Å². The molecular weight excluding hydrogens is 466 g/mol. The zero-order chi connectivity index (χ0) is 22.2. The minimum absolute atomic E-state index is 0.0988. The Morgan fingerprint density at radius 1 is 0.750 bits per heavy atom. The van der Waals surface area contributed by atoms with Gasteiger partial charge in [0.15, 0.2) is 6.61 Å². The van der Waals surface area contributed by atoms with Crippen LogP contribution in [-0.2, 0) is 11.4 Å². The van der Waals surface area contributed by atoms with Crippen molar-refractivity contribution in [2.75, 3.05) is 11.9 Å². The number of nitrogens with one attached hydrogen (secondary N) is 1. The first-order valence-electron chi connectivity index (χ1n) is 10.2. The zero-order valence-corrected chi connectivity index (χ0v) is 18.9. The van der Waals surface area contributed by atoms with E-state index in [1.807, 2.05) is 97.1 Å². The van der Waals surface area contributed by atoms with Gasteiger partial charge in [0, 0.05) is 11.8 Å². The summed E-state index contributed by atoms with van der Waals surface area (Å²) in [7, 11) is 0. The van der Waals surface area contributed by atoms with E-state index in [0.29, 0.717) is 23.8 Å². The van der Waals surface area contributed by atoms with Crippen LogP contribution in [0.4, 0.5) is 5.69 Å². The Morgan fingerprint density at radius 3 is 2.25 bits per heavy atom. The number of ether oxygens (including phenoxy) is 2. The maximum Gasteiger partial charge on any atom is 0.262 e. The van der Waals surface area contributed by atoms with E-state index in [9.17, 15) is 4.79 Å². The number of halogens is 1. The van der Waals surface area contributed by atoms with Gasteiger partial charge in [0.1, 0.15) is 18.1 Å². The van der Waals surface area contributed by atoms with Crippen LogP contribution in [0, 0.1) is 0 Å². The summed E-state index contributed by atoms with van der Waals surface area (Å²) < 4.78 is 12.3. The monoisotopic (exact) mass is 487 g/mol. The van der Waals surface area contributed by atoms with Crippen molar-refractivity contribution in [2.24, 2.45) is 0 Å². The number of rotatable bonds is 8. The molecule has 0 saturated heterocycles. The number of benzene rings is 4. The van der Waals surface area contributed by atoms with Gasteiger partial charge in [-0.05, 0) is 56.9 Å². The molecule has 0 heterocycles. The van der Waals surface area contributed by atoms with Crippen LogP contribution in [0.2, 0.25) is 0 Å². The third-order valence-electron chi connectivity index (χ3n) is 4.76. The highest BCUT2D eigenvalue weighted by Crippen LogP contribution is 2.30. The predicted octanol–water partition coefficient (Wildman–Crippen LogP) is 6.71. The average Bonchev–Trinajstić information content (AvgIpc) is 2.83. The SMILES string of the molecule is O=C(COc1ccc(-c2ccccc2)cc1Br)Nc1cccc(OCc2ccccc2)c1. The van der Waals surface area contributed by atoms with Crippen LogP contribution >= 0.6 is 15.9 Å². The summed E-state index contributed by atoms with van der Waals surface area (Å²) in [5.74, 6) is 1.05. The molecule has 0 aliphatic carbocycles. The quantitative estimate of drug-likeness (QED) is 0.300. The summed E-state index contributed by atoms with van der Waals surface area (Å²) in [6.07, 6.45) is 0. The van der Waals surface area contributed by atoms with Crippen molar-refractivity contribution in [1.29, 1.82) is 0 Å². The summed E-state index contributed by atoms with van der Waals surface area (Å²) in [5.41, 5.74) is 3.93. The van der Waals surface area contributed by atoms with Gasteiger partial charge in [-0.25, -0.2) is 0 Å². The predicted molar refractivity (Wildman–Crippen MR) is 131 cm³/mol. The van der Waals surface area contributed by atoms with Crippen LogP contribution < -0.4 is 14.8 Å². The molecule has 0 aliphatic heterocycles. The van der Waals surface area contributed by atoms with Crippen molar-refractivity contribution < 1.29 is 14.3 Å². The van der Waals surface area contributed by atoms with Gasteiger partial charge in [0.05, 0.1) is 4.47 Å². The van der Waals surface area contributed by atoms with E-state index in [2.05, 4.69) is 21.2 Å². The number of hydrogen-bond donors (Lipinski definition) is 1. The highest BCUT2D eigenvalue weighted by molar-refractivity contribution is 9.10. The van der Waals surface area contributed by atoms with Crippen LogP contribution in [0.1, 0.15) is 5.56 Å². The van der Waals surface area contributed by atoms with E-state index in [1.54, 1.807) is 6.07 Å². The number of anilines is 1. The third kappa shape index (κ3) is 5.99. The molecule has 4 aromatic rings. The normalized spacial score (nSPS) is 10.4. The van der Waals surface area contributed by atoms with Crippen LogP contribution in [0.3, 0.4) is 0 Å². The fourth-order valence-corrected chi connectivity index (χ4v) is 3.67. The lowest BCUT2D eigenvalue weighted by Crippen LogP contribution is -2.20. The summed E-state index contributed by atoms with van der Waals surface area (Å²) >= 11 is 3.53. The molecule has 0 saturated carbocycles. The number of hydrogen-bond acceptors (Lipinski definition) is 3. The van der Waals surface area contributed by atoms with Crippen LogP contribution in [0.15, 0.2) is 108 Å². The standard InChI is InChI=1S/C27H22BrNO3/c28-25-16-22(21-10-5-2-6-11-21)14-15-26(25)32-19-27(30)29-23-12-7-13-24(17-23)31-18-20-8-3-1-4-9-20/h1-17H,18-19H2,(H,29,30). The fraction of sp³-hybridized carbons (Fsp3) is 0.0741. The summed E-state index contributed by atoms with van der Waals surface area (Å²) in [6, 6.07) is 33.2. The minimum atomic E-state index is -0.246. The molecule has 0 atom stereocenters. The van der Waals surface area contributed by atoms with E-state index in [0.717, 1.165) is 21.2 Å². The maximum atomic E-state index is 12.4. The van der Waals surface area contributed by atoms with E-state index in [1.165, 1.54) is 0 Å². The van der Waals surface area contributed by atoms with E-state index >= 15 is 0 Å². The number of amides is 1. The molecule has 0 aromatic heterocycles. The molecule has 0 spiro atoms. The van der Waals surface area contributed by atoms with Crippen molar-refractivity contribution in [3.63, 3.8) is 0 Å². The molecule has 1 N–H and O–H groups in total. The Labute approximate surface area is 196 Å². The molecule has 0 radical (unpaired) electrons. The first-order chi connectivity index (χ1) is 15.7. The van der Waals surface area contributed by atoms with Crippen LogP contribution in [0.25, 0.3) is 11.1 Å². The minimum Gasteiger partial charge on any atom is -0.489 e. The van der Waals surface area contributed by atoms with Crippen LogP contribution in [-0.4, -0.2) is 12.5 Å². The first kappa shape index (κ1) is 21.7. The van der Waals surface area contributed by atoms with Gasteiger partial charge < -0.3 is 14.8 Å².